The molecule has 0 amide bonds. The highest BCUT2D eigenvalue weighted by Gasteiger charge is 2.31. The molecular formula is C16H16N2O5S2. The van der Waals surface area contributed by atoms with Gasteiger partial charge in [-0.1, -0.05) is 12.1 Å². The van der Waals surface area contributed by atoms with Crippen LogP contribution in [0, 0.1) is 0 Å². The molecule has 0 aliphatic carbocycles. The van der Waals surface area contributed by atoms with Crippen LogP contribution >= 0.6 is 0 Å². The van der Waals surface area contributed by atoms with E-state index in [0.717, 1.165) is 0 Å². The van der Waals surface area contributed by atoms with Crippen LogP contribution in [-0.4, -0.2) is 29.2 Å². The van der Waals surface area contributed by atoms with E-state index in [1.807, 2.05) is 0 Å². The van der Waals surface area contributed by atoms with Gasteiger partial charge in [0.2, 0.25) is 10.0 Å². The van der Waals surface area contributed by atoms with E-state index >= 15 is 0 Å². The Kier molecular flexibility index (Phi) is 4.18. The lowest BCUT2D eigenvalue weighted by molar-refractivity contribution is 0.101. The number of fused-ring (bicyclic) bond motifs is 1. The van der Waals surface area contributed by atoms with Crippen molar-refractivity contribution < 1.29 is 21.6 Å². The van der Waals surface area contributed by atoms with Gasteiger partial charge >= 0.3 is 0 Å². The molecule has 9 heteroatoms. The fraction of sp³-hybridized carbons (Fsp3) is 0.188. The molecule has 7 nitrogen and oxygen atoms in total. The van der Waals surface area contributed by atoms with Crippen LogP contribution in [0.3, 0.4) is 0 Å². The molecule has 0 unspecified atom stereocenters. The zero-order valence-electron chi connectivity index (χ0n) is 13.3. The molecule has 0 saturated heterocycles. The third-order valence-electron chi connectivity index (χ3n) is 4.08. The summed E-state index contributed by atoms with van der Waals surface area (Å²) in [4.78, 5) is 11.3. The van der Waals surface area contributed by atoms with Crippen molar-refractivity contribution in [2.45, 2.75) is 23.1 Å². The third kappa shape index (κ3) is 3.17. The number of hydrogen-bond acceptors (Lipinski definition) is 5. The first-order valence-corrected chi connectivity index (χ1v) is 10.4. The minimum atomic E-state index is -3.84. The molecule has 0 saturated carbocycles. The number of nitrogens with zero attached hydrogens (tertiary/aromatic N) is 1. The third-order valence-corrected chi connectivity index (χ3v) is 6.82. The summed E-state index contributed by atoms with van der Waals surface area (Å²) in [5, 5.41) is 5.11. The second kappa shape index (κ2) is 5.94. The zero-order valence-corrected chi connectivity index (χ0v) is 15.0. The topological polar surface area (TPSA) is 115 Å². The van der Waals surface area contributed by atoms with Crippen molar-refractivity contribution in [3.05, 3.63) is 53.6 Å². The number of rotatable bonds is 4. The maximum atomic E-state index is 12.9. The van der Waals surface area contributed by atoms with Gasteiger partial charge in [0.05, 0.1) is 15.5 Å². The van der Waals surface area contributed by atoms with Crippen molar-refractivity contribution >= 4 is 31.5 Å². The predicted molar refractivity (Wildman–Crippen MR) is 92.5 cm³/mol. The van der Waals surface area contributed by atoms with Crippen molar-refractivity contribution in [2.75, 3.05) is 10.8 Å². The molecule has 2 aromatic rings. The van der Waals surface area contributed by atoms with E-state index in [9.17, 15) is 21.6 Å². The number of anilines is 1. The monoisotopic (exact) mass is 380 g/mol. The summed E-state index contributed by atoms with van der Waals surface area (Å²) < 4.78 is 49.8. The van der Waals surface area contributed by atoms with Crippen LogP contribution in [0.5, 0.6) is 0 Å². The molecule has 2 aromatic carbocycles. The average molecular weight is 380 g/mol. The van der Waals surface area contributed by atoms with E-state index in [0.29, 0.717) is 23.2 Å². The van der Waals surface area contributed by atoms with Crippen molar-refractivity contribution in [2.24, 2.45) is 5.14 Å². The molecule has 1 heterocycles. The lowest BCUT2D eigenvalue weighted by Gasteiger charge is -2.19. The van der Waals surface area contributed by atoms with Crippen LogP contribution < -0.4 is 9.44 Å². The molecular weight excluding hydrogens is 364 g/mol. The van der Waals surface area contributed by atoms with Crippen LogP contribution in [0.1, 0.15) is 22.8 Å². The standard InChI is InChI=1S/C16H16N2O5S2/c1-11(19)12-2-4-14(5-3-12)25(22,23)18-9-8-13-10-15(24(17,20)21)6-7-16(13)18/h2-7,10H,8-9H2,1H3,(H2,17,20,21). The molecule has 0 bridgehead atoms. The first kappa shape index (κ1) is 17.6. The maximum Gasteiger partial charge on any atom is 0.264 e. The molecule has 2 N–H and O–H groups in total. The lowest BCUT2D eigenvalue weighted by Crippen LogP contribution is -2.29. The summed E-state index contributed by atoms with van der Waals surface area (Å²) in [6, 6.07) is 9.86. The van der Waals surface area contributed by atoms with Gasteiger partial charge in [-0.15, -0.1) is 0 Å². The Morgan fingerprint density at radius 2 is 1.60 bits per heavy atom. The van der Waals surface area contributed by atoms with Crippen LogP contribution in [0.2, 0.25) is 0 Å². The SMILES string of the molecule is CC(=O)c1ccc(S(=O)(=O)N2CCc3cc(S(N)(=O)=O)ccc32)cc1. The molecule has 0 spiro atoms. The Hall–Kier alpha value is -2.23. The highest BCUT2D eigenvalue weighted by Crippen LogP contribution is 2.34. The number of carbonyl (C=O) groups excluding carboxylic acids is 1. The summed E-state index contributed by atoms with van der Waals surface area (Å²) in [5.41, 5.74) is 1.47. The molecule has 132 valence electrons. The number of Topliss-reactive ketones (excluding diaryl/α,β-unsaturated/α-hetero) is 1. The average Bonchev–Trinajstić information content (AvgIpc) is 2.98. The number of hydrogen-bond donors (Lipinski definition) is 1. The van der Waals surface area contributed by atoms with Gasteiger partial charge in [-0.3, -0.25) is 9.10 Å². The normalized spacial score (nSPS) is 14.4. The number of primary sulfonamides is 1. The fourth-order valence-corrected chi connectivity index (χ4v) is 4.83. The molecule has 1 aliphatic rings. The largest absolute Gasteiger partial charge is 0.295 e. The van der Waals surface area contributed by atoms with Crippen LogP contribution in [0.4, 0.5) is 5.69 Å². The van der Waals surface area contributed by atoms with E-state index in [-0.39, 0.29) is 22.1 Å². The quantitative estimate of drug-likeness (QED) is 0.803. The summed E-state index contributed by atoms with van der Waals surface area (Å²) in [6.45, 7) is 1.61. The smallest absolute Gasteiger partial charge is 0.264 e. The van der Waals surface area contributed by atoms with Gasteiger partial charge < -0.3 is 0 Å². The molecule has 0 radical (unpaired) electrons. The number of sulfonamides is 2. The summed E-state index contributed by atoms with van der Waals surface area (Å²) in [7, 11) is -7.64. The Bertz CT molecular complexity index is 1060. The molecule has 0 aromatic heterocycles. The van der Waals surface area contributed by atoms with Gasteiger partial charge in [0.1, 0.15) is 0 Å². The predicted octanol–water partition coefficient (Wildman–Crippen LogP) is 1.29. The van der Waals surface area contributed by atoms with E-state index in [4.69, 9.17) is 5.14 Å². The molecule has 1 aliphatic heterocycles. The van der Waals surface area contributed by atoms with Gasteiger partial charge in [0, 0.05) is 12.1 Å². The molecule has 0 atom stereocenters. The number of ketones is 1. The summed E-state index contributed by atoms with van der Waals surface area (Å²) in [6.07, 6.45) is 0.392. The molecule has 25 heavy (non-hydrogen) atoms. The van der Waals surface area contributed by atoms with Crippen LogP contribution in [0.15, 0.2) is 52.3 Å². The van der Waals surface area contributed by atoms with E-state index in [1.165, 1.54) is 53.7 Å². The first-order valence-electron chi connectivity index (χ1n) is 7.40. The van der Waals surface area contributed by atoms with Crippen molar-refractivity contribution in [1.29, 1.82) is 0 Å². The summed E-state index contributed by atoms with van der Waals surface area (Å²) >= 11 is 0. The Balaban J connectivity index is 2.00. The van der Waals surface area contributed by atoms with Crippen molar-refractivity contribution in [1.82, 2.24) is 0 Å². The Morgan fingerprint density at radius 3 is 2.16 bits per heavy atom. The Labute approximate surface area is 146 Å². The van der Waals surface area contributed by atoms with Crippen LogP contribution in [-0.2, 0) is 26.5 Å². The fourth-order valence-electron chi connectivity index (χ4n) is 2.76. The molecule has 3 rings (SSSR count). The second-order valence-electron chi connectivity index (χ2n) is 5.74. The van der Waals surface area contributed by atoms with E-state index in [1.54, 1.807) is 0 Å². The van der Waals surface area contributed by atoms with Gasteiger partial charge in [-0.2, -0.15) is 0 Å². The highest BCUT2D eigenvalue weighted by molar-refractivity contribution is 7.92. The summed E-state index contributed by atoms with van der Waals surface area (Å²) in [5.74, 6) is -0.147. The second-order valence-corrected chi connectivity index (χ2v) is 9.17. The zero-order chi connectivity index (χ0) is 18.4. The van der Waals surface area contributed by atoms with Gasteiger partial charge in [0.25, 0.3) is 10.0 Å². The minimum absolute atomic E-state index is 0.0451. The Morgan fingerprint density at radius 1 is 1.00 bits per heavy atom. The minimum Gasteiger partial charge on any atom is -0.295 e. The van der Waals surface area contributed by atoms with Gasteiger partial charge in [-0.25, -0.2) is 22.0 Å². The highest BCUT2D eigenvalue weighted by atomic mass is 32.2. The number of carbonyl (C=O) groups is 1. The number of benzene rings is 2. The van der Waals surface area contributed by atoms with Crippen LogP contribution in [0.25, 0.3) is 0 Å². The maximum absolute atomic E-state index is 12.9. The molecule has 0 fully saturated rings. The van der Waals surface area contributed by atoms with Crippen molar-refractivity contribution in [3.63, 3.8) is 0 Å². The van der Waals surface area contributed by atoms with E-state index < -0.39 is 20.0 Å². The lowest BCUT2D eigenvalue weighted by atomic mass is 10.2. The van der Waals surface area contributed by atoms with E-state index in [2.05, 4.69) is 0 Å². The van der Waals surface area contributed by atoms with Gasteiger partial charge in [0.15, 0.2) is 5.78 Å². The van der Waals surface area contributed by atoms with Crippen molar-refractivity contribution in [3.8, 4) is 0 Å². The first-order chi connectivity index (χ1) is 11.6. The number of nitrogens with two attached hydrogens (primary N) is 1. The van der Waals surface area contributed by atoms with Gasteiger partial charge in [-0.05, 0) is 49.2 Å².